The Morgan fingerprint density at radius 1 is 1.22 bits per heavy atom. The van der Waals surface area contributed by atoms with E-state index in [-0.39, 0.29) is 24.4 Å². The molecule has 1 aromatic heterocycles. The second-order valence-corrected chi connectivity index (χ2v) is 6.38. The zero-order valence-electron chi connectivity index (χ0n) is 14.5. The molecule has 0 fully saturated rings. The van der Waals surface area contributed by atoms with Gasteiger partial charge < -0.3 is 9.42 Å². The van der Waals surface area contributed by atoms with E-state index >= 15 is 0 Å². The highest BCUT2D eigenvalue weighted by molar-refractivity contribution is 5.93. The molecule has 2 rings (SSSR count). The summed E-state index contributed by atoms with van der Waals surface area (Å²) >= 11 is 0. The maximum atomic E-state index is 12.3. The Hall–Kier alpha value is -2.30. The minimum absolute atomic E-state index is 0.120. The maximum Gasteiger partial charge on any atom is 0.246 e. The van der Waals surface area contributed by atoms with Gasteiger partial charge in [0.05, 0.1) is 12.2 Å². The first-order chi connectivity index (χ1) is 10.9. The summed E-state index contributed by atoms with van der Waals surface area (Å²) < 4.78 is 5.16. The van der Waals surface area contributed by atoms with Crippen molar-refractivity contribution in [2.24, 2.45) is 0 Å². The molecule has 0 radical (unpaired) electrons. The minimum atomic E-state index is -0.120. The van der Waals surface area contributed by atoms with E-state index in [0.29, 0.717) is 5.88 Å². The van der Waals surface area contributed by atoms with Crippen LogP contribution in [-0.2, 0) is 4.79 Å². The summed E-state index contributed by atoms with van der Waals surface area (Å²) in [4.78, 5) is 14.4. The van der Waals surface area contributed by atoms with Crippen LogP contribution in [0.1, 0.15) is 44.9 Å². The lowest BCUT2D eigenvalue weighted by atomic mass is 10.1. The third-order valence-electron chi connectivity index (χ3n) is 3.69. The van der Waals surface area contributed by atoms with Crippen molar-refractivity contribution in [1.82, 2.24) is 5.16 Å². The number of hydrogen-bond donors (Lipinski definition) is 1. The molecule has 0 unspecified atom stereocenters. The van der Waals surface area contributed by atoms with Gasteiger partial charge in [-0.25, -0.2) is 0 Å². The molecule has 124 valence electrons. The summed E-state index contributed by atoms with van der Waals surface area (Å²) in [5.74, 6) is 0.543. The molecule has 1 heterocycles. The van der Waals surface area contributed by atoms with Crippen molar-refractivity contribution in [3.63, 3.8) is 0 Å². The number of amides is 1. The number of nitrogens with zero attached hydrogens (tertiary/aromatic N) is 2. The average molecular weight is 315 g/mol. The molecule has 0 atom stereocenters. The van der Waals surface area contributed by atoms with Gasteiger partial charge in [-0.3, -0.25) is 10.1 Å². The number of carbonyl (C=O) groups excluding carboxylic acids is 1. The Morgan fingerprint density at radius 2 is 1.87 bits per heavy atom. The minimum Gasteiger partial charge on any atom is -0.360 e. The number of benzene rings is 1. The number of rotatable bonds is 6. The predicted molar refractivity (Wildman–Crippen MR) is 92.9 cm³/mol. The van der Waals surface area contributed by atoms with Crippen molar-refractivity contribution in [3.8, 4) is 0 Å². The number of aromatic nitrogens is 1. The van der Waals surface area contributed by atoms with E-state index < -0.39 is 0 Å². The van der Waals surface area contributed by atoms with Gasteiger partial charge in [0, 0.05) is 17.8 Å². The van der Waals surface area contributed by atoms with E-state index in [1.165, 1.54) is 5.56 Å². The molecule has 0 aliphatic rings. The van der Waals surface area contributed by atoms with E-state index in [1.54, 1.807) is 6.07 Å². The molecule has 23 heavy (non-hydrogen) atoms. The van der Waals surface area contributed by atoms with Gasteiger partial charge in [-0.2, -0.15) is 0 Å². The van der Waals surface area contributed by atoms with Crippen molar-refractivity contribution in [2.45, 2.75) is 46.6 Å². The van der Waals surface area contributed by atoms with E-state index in [0.717, 1.165) is 11.4 Å². The van der Waals surface area contributed by atoms with E-state index in [2.05, 4.69) is 29.2 Å². The third kappa shape index (κ3) is 4.58. The van der Waals surface area contributed by atoms with Crippen LogP contribution in [0.4, 0.5) is 11.6 Å². The summed E-state index contributed by atoms with van der Waals surface area (Å²) in [5.41, 5.74) is 3.06. The quantitative estimate of drug-likeness (QED) is 0.876. The standard InChI is InChI=1S/C18H25N3O2/c1-12(2)16-10-18(23-20-16)19-17(22)11-21(13(3)4)15-8-6-14(5)7-9-15/h6-10,12-13H,11H2,1-5H3,(H,19,22). The summed E-state index contributed by atoms with van der Waals surface area (Å²) in [6, 6.07) is 10.2. The number of hydrogen-bond acceptors (Lipinski definition) is 4. The van der Waals surface area contributed by atoms with E-state index in [1.807, 2.05) is 45.0 Å². The fraction of sp³-hybridized carbons (Fsp3) is 0.444. The van der Waals surface area contributed by atoms with Crippen LogP contribution in [0, 0.1) is 6.92 Å². The smallest absolute Gasteiger partial charge is 0.246 e. The maximum absolute atomic E-state index is 12.3. The lowest BCUT2D eigenvalue weighted by molar-refractivity contribution is -0.115. The zero-order valence-corrected chi connectivity index (χ0v) is 14.5. The highest BCUT2D eigenvalue weighted by Crippen LogP contribution is 2.19. The molecule has 5 nitrogen and oxygen atoms in total. The Labute approximate surface area is 137 Å². The Bertz CT molecular complexity index is 645. The monoisotopic (exact) mass is 315 g/mol. The summed E-state index contributed by atoms with van der Waals surface area (Å²) in [6.07, 6.45) is 0. The van der Waals surface area contributed by atoms with Gasteiger partial charge in [0.2, 0.25) is 11.8 Å². The molecule has 0 saturated heterocycles. The first-order valence-electron chi connectivity index (χ1n) is 7.96. The number of aryl methyl sites for hydroxylation is 1. The molecule has 1 aromatic carbocycles. The Kier molecular flexibility index (Phi) is 5.42. The molecule has 0 spiro atoms. The van der Waals surface area contributed by atoms with E-state index in [4.69, 9.17) is 4.52 Å². The second kappa shape index (κ2) is 7.31. The van der Waals surface area contributed by atoms with Gasteiger partial charge in [-0.1, -0.05) is 36.7 Å². The van der Waals surface area contributed by atoms with Crippen molar-refractivity contribution in [3.05, 3.63) is 41.6 Å². The van der Waals surface area contributed by atoms with Crippen molar-refractivity contribution >= 4 is 17.5 Å². The lowest BCUT2D eigenvalue weighted by Gasteiger charge is -2.28. The van der Waals surface area contributed by atoms with Gasteiger partial charge in [0.15, 0.2) is 0 Å². The SMILES string of the molecule is Cc1ccc(N(CC(=O)Nc2cc(C(C)C)no2)C(C)C)cc1. The van der Waals surface area contributed by atoms with Gasteiger partial charge in [0.25, 0.3) is 0 Å². The predicted octanol–water partition coefficient (Wildman–Crippen LogP) is 3.96. The summed E-state index contributed by atoms with van der Waals surface area (Å²) in [7, 11) is 0. The van der Waals surface area contributed by atoms with Crippen LogP contribution in [0.15, 0.2) is 34.9 Å². The average Bonchev–Trinajstić information content (AvgIpc) is 2.94. The fourth-order valence-corrected chi connectivity index (χ4v) is 2.26. The van der Waals surface area contributed by atoms with Crippen LogP contribution >= 0.6 is 0 Å². The van der Waals surface area contributed by atoms with Crippen molar-refractivity contribution in [1.29, 1.82) is 0 Å². The number of nitrogens with one attached hydrogen (secondary N) is 1. The molecule has 2 aromatic rings. The van der Waals surface area contributed by atoms with Gasteiger partial charge in [-0.15, -0.1) is 0 Å². The molecular weight excluding hydrogens is 290 g/mol. The Balaban J connectivity index is 2.04. The van der Waals surface area contributed by atoms with Crippen LogP contribution in [0.5, 0.6) is 0 Å². The molecule has 0 saturated carbocycles. The highest BCUT2D eigenvalue weighted by Gasteiger charge is 2.16. The first-order valence-corrected chi connectivity index (χ1v) is 7.96. The molecule has 1 amide bonds. The Morgan fingerprint density at radius 3 is 2.39 bits per heavy atom. The van der Waals surface area contributed by atoms with Gasteiger partial charge in [-0.05, 0) is 38.8 Å². The third-order valence-corrected chi connectivity index (χ3v) is 3.69. The second-order valence-electron chi connectivity index (χ2n) is 6.38. The van der Waals surface area contributed by atoms with Crippen LogP contribution in [-0.4, -0.2) is 23.7 Å². The molecule has 5 heteroatoms. The number of anilines is 2. The summed E-state index contributed by atoms with van der Waals surface area (Å²) in [6.45, 7) is 10.5. The zero-order chi connectivity index (χ0) is 17.0. The molecule has 1 N–H and O–H groups in total. The van der Waals surface area contributed by atoms with Crippen LogP contribution in [0.25, 0.3) is 0 Å². The van der Waals surface area contributed by atoms with Gasteiger partial charge in [0.1, 0.15) is 0 Å². The molecular formula is C18H25N3O2. The number of carbonyl (C=O) groups is 1. The van der Waals surface area contributed by atoms with Crippen LogP contribution < -0.4 is 10.2 Å². The van der Waals surface area contributed by atoms with Crippen LogP contribution in [0.2, 0.25) is 0 Å². The molecule has 0 bridgehead atoms. The van der Waals surface area contributed by atoms with Crippen molar-refractivity contribution in [2.75, 3.05) is 16.8 Å². The lowest BCUT2D eigenvalue weighted by Crippen LogP contribution is -2.38. The van der Waals surface area contributed by atoms with Crippen molar-refractivity contribution < 1.29 is 9.32 Å². The molecule has 0 aliphatic heterocycles. The topological polar surface area (TPSA) is 58.4 Å². The fourth-order valence-electron chi connectivity index (χ4n) is 2.26. The normalized spacial score (nSPS) is 11.1. The largest absolute Gasteiger partial charge is 0.360 e. The van der Waals surface area contributed by atoms with Crippen LogP contribution in [0.3, 0.4) is 0 Å². The van der Waals surface area contributed by atoms with Gasteiger partial charge >= 0.3 is 0 Å². The van der Waals surface area contributed by atoms with E-state index in [9.17, 15) is 4.79 Å². The molecule has 0 aliphatic carbocycles. The summed E-state index contributed by atoms with van der Waals surface area (Å²) in [5, 5.41) is 6.72. The first kappa shape index (κ1) is 17.1. The highest BCUT2D eigenvalue weighted by atomic mass is 16.5.